The molecule has 2 saturated heterocycles. The van der Waals surface area contributed by atoms with E-state index in [1.807, 2.05) is 28.8 Å². The average molecular weight is 745 g/mol. The second-order valence-corrected chi connectivity index (χ2v) is 13.8. The summed E-state index contributed by atoms with van der Waals surface area (Å²) in [5, 5.41) is 5.71. The van der Waals surface area contributed by atoms with E-state index in [2.05, 4.69) is 37.6 Å². The van der Waals surface area contributed by atoms with Gasteiger partial charge in [0.25, 0.3) is 5.91 Å². The molecule has 282 valence electrons. The molecule has 0 atom stereocenters. The molecule has 8 rings (SSSR count). The topological polar surface area (TPSA) is 109 Å². The summed E-state index contributed by atoms with van der Waals surface area (Å²) in [7, 11) is 3.24. The number of rotatable bonds is 10. The number of likely N-dealkylation sites (tertiary alicyclic amines) is 1. The molecule has 0 radical (unpaired) electrons. The number of carbonyl (C=O) groups excluding carboxylic acids is 1. The second kappa shape index (κ2) is 15.7. The molecule has 55 heavy (non-hydrogen) atoms. The monoisotopic (exact) mass is 744 g/mol. The van der Waals surface area contributed by atoms with E-state index in [0.717, 1.165) is 49.4 Å². The van der Waals surface area contributed by atoms with Gasteiger partial charge in [-0.2, -0.15) is 0 Å². The maximum atomic E-state index is 14.4. The molecule has 3 aromatic heterocycles. The molecule has 0 bridgehead atoms. The number of fused-ring (bicyclic) bond motifs is 1. The van der Waals surface area contributed by atoms with Crippen molar-refractivity contribution in [3.8, 4) is 34.1 Å². The molecule has 2 N–H and O–H groups in total. The van der Waals surface area contributed by atoms with E-state index < -0.39 is 23.2 Å². The molecular formula is C42H42F2N8O3. The van der Waals surface area contributed by atoms with Gasteiger partial charge < -0.3 is 29.9 Å². The van der Waals surface area contributed by atoms with Crippen molar-refractivity contribution in [2.24, 2.45) is 0 Å². The number of hydrogen-bond donors (Lipinski definition) is 2. The highest BCUT2D eigenvalue weighted by Gasteiger charge is 2.26. The van der Waals surface area contributed by atoms with E-state index in [1.165, 1.54) is 38.4 Å². The first-order valence-corrected chi connectivity index (χ1v) is 18.6. The van der Waals surface area contributed by atoms with Crippen LogP contribution in [0.25, 0.3) is 28.3 Å². The summed E-state index contributed by atoms with van der Waals surface area (Å²) in [6, 6.07) is 22.3. The number of amides is 1. The lowest BCUT2D eigenvalue weighted by Gasteiger charge is -2.41. The Morgan fingerprint density at radius 3 is 2.38 bits per heavy atom. The lowest BCUT2D eigenvalue weighted by Crippen LogP contribution is -2.46. The lowest BCUT2D eigenvalue weighted by atomic mass is 9.99. The number of benzene rings is 3. The predicted octanol–water partition coefficient (Wildman–Crippen LogP) is 8.20. The van der Waals surface area contributed by atoms with Crippen LogP contribution < -0.4 is 25.0 Å². The number of piperidine rings is 2. The van der Waals surface area contributed by atoms with Crippen molar-refractivity contribution in [1.29, 1.82) is 0 Å². The van der Waals surface area contributed by atoms with Crippen molar-refractivity contribution in [2.45, 2.75) is 38.1 Å². The number of nitrogens with zero attached hydrogens (tertiary/aromatic N) is 6. The van der Waals surface area contributed by atoms with Crippen LogP contribution in [0, 0.1) is 11.6 Å². The summed E-state index contributed by atoms with van der Waals surface area (Å²) in [6.07, 6.45) is 9.79. The van der Waals surface area contributed by atoms with Gasteiger partial charge in [-0.1, -0.05) is 24.6 Å². The molecule has 2 aliphatic rings. The number of anilines is 4. The first kappa shape index (κ1) is 35.9. The predicted molar refractivity (Wildman–Crippen MR) is 209 cm³/mol. The average Bonchev–Trinajstić information content (AvgIpc) is 3.62. The Balaban J connectivity index is 1.07. The number of imidazole rings is 1. The number of para-hydroxylation sites is 1. The summed E-state index contributed by atoms with van der Waals surface area (Å²) in [5.74, 6) is -0.772. The third-order valence-corrected chi connectivity index (χ3v) is 10.5. The Morgan fingerprint density at radius 1 is 0.836 bits per heavy atom. The zero-order valence-electron chi connectivity index (χ0n) is 30.8. The highest BCUT2D eigenvalue weighted by molar-refractivity contribution is 6.05. The normalized spacial score (nSPS) is 15.2. The first-order valence-electron chi connectivity index (χ1n) is 18.6. The van der Waals surface area contributed by atoms with Crippen LogP contribution in [-0.2, 0) is 0 Å². The van der Waals surface area contributed by atoms with Crippen LogP contribution in [0.2, 0.25) is 0 Å². The van der Waals surface area contributed by atoms with Crippen LogP contribution in [0.3, 0.4) is 0 Å². The Hall–Kier alpha value is -6.08. The minimum Gasteiger partial charge on any atom is -0.497 e. The maximum absolute atomic E-state index is 14.4. The van der Waals surface area contributed by atoms with Crippen LogP contribution in [-0.4, -0.2) is 76.6 Å². The van der Waals surface area contributed by atoms with Gasteiger partial charge in [-0.05, 0) is 87.3 Å². The molecule has 1 amide bonds. The number of hydrogen-bond acceptors (Lipinski definition) is 9. The summed E-state index contributed by atoms with van der Waals surface area (Å²) < 4.78 is 41.9. The fraction of sp³-hybridized carbons (Fsp3) is 0.286. The number of methoxy groups -OCH3 is 2. The zero-order valence-corrected chi connectivity index (χ0v) is 30.8. The molecule has 13 heteroatoms. The van der Waals surface area contributed by atoms with Crippen molar-refractivity contribution < 1.29 is 23.0 Å². The summed E-state index contributed by atoms with van der Waals surface area (Å²) in [6.45, 7) is 4.47. The lowest BCUT2D eigenvalue weighted by molar-refractivity contribution is 0.102. The Labute approximate surface area is 318 Å². The molecule has 3 aromatic carbocycles. The van der Waals surface area contributed by atoms with Crippen LogP contribution in [0.15, 0.2) is 91.3 Å². The van der Waals surface area contributed by atoms with Gasteiger partial charge in [-0.3, -0.25) is 9.20 Å². The number of carbonyl (C=O) groups is 1. The van der Waals surface area contributed by atoms with Crippen molar-refractivity contribution in [3.63, 3.8) is 0 Å². The minimum atomic E-state index is -0.869. The van der Waals surface area contributed by atoms with Crippen molar-refractivity contribution in [1.82, 2.24) is 24.3 Å². The van der Waals surface area contributed by atoms with Gasteiger partial charge in [0.05, 0.1) is 37.0 Å². The van der Waals surface area contributed by atoms with E-state index in [-0.39, 0.29) is 5.56 Å². The highest BCUT2D eigenvalue weighted by atomic mass is 19.1. The zero-order chi connectivity index (χ0) is 37.9. The van der Waals surface area contributed by atoms with Crippen LogP contribution in [0.4, 0.5) is 31.8 Å². The van der Waals surface area contributed by atoms with E-state index in [0.29, 0.717) is 51.8 Å². The van der Waals surface area contributed by atoms with Crippen molar-refractivity contribution in [2.75, 3.05) is 55.9 Å². The smallest absolute Gasteiger partial charge is 0.255 e. The summed E-state index contributed by atoms with van der Waals surface area (Å²) in [5.41, 5.74) is 4.40. The Kier molecular flexibility index (Phi) is 10.3. The summed E-state index contributed by atoms with van der Waals surface area (Å²) >= 11 is 0. The van der Waals surface area contributed by atoms with Gasteiger partial charge in [0.15, 0.2) is 0 Å². The SMILES string of the molecule is COc1ccn2c(-c3ccnc(Nc4ccc(N5CCC(N6CCCCC6)CC5)cc4OC)n3)c(-c3cccc(C(=O)Nc4c(F)cccc4F)c3)nc2c1. The molecule has 6 aromatic rings. The number of pyridine rings is 1. The maximum Gasteiger partial charge on any atom is 0.255 e. The largest absolute Gasteiger partial charge is 0.497 e. The number of aromatic nitrogens is 4. The summed E-state index contributed by atoms with van der Waals surface area (Å²) in [4.78, 5) is 32.7. The highest BCUT2D eigenvalue weighted by Crippen LogP contribution is 2.36. The van der Waals surface area contributed by atoms with Gasteiger partial charge in [0, 0.05) is 60.5 Å². The molecule has 2 aliphatic heterocycles. The number of halogens is 2. The molecule has 0 saturated carbocycles. The Bertz CT molecular complexity index is 2320. The third-order valence-electron chi connectivity index (χ3n) is 10.5. The third kappa shape index (κ3) is 7.52. The Morgan fingerprint density at radius 2 is 1.62 bits per heavy atom. The van der Waals surface area contributed by atoms with E-state index in [1.54, 1.807) is 50.7 Å². The second-order valence-electron chi connectivity index (χ2n) is 13.8. The fourth-order valence-corrected chi connectivity index (χ4v) is 7.63. The minimum absolute atomic E-state index is 0.188. The van der Waals surface area contributed by atoms with Crippen LogP contribution in [0.1, 0.15) is 42.5 Å². The van der Waals surface area contributed by atoms with E-state index >= 15 is 0 Å². The van der Waals surface area contributed by atoms with Gasteiger partial charge in [-0.25, -0.2) is 23.7 Å². The molecule has 5 heterocycles. The molecule has 0 unspecified atom stereocenters. The molecule has 0 aliphatic carbocycles. The fourth-order valence-electron chi connectivity index (χ4n) is 7.63. The standard InChI is InChI=1S/C42H42F2N8O3/c1-54-31-17-23-52-37(26-31)48-38(27-8-6-9-28(24-27)41(53)49-39-32(43)10-7-11-33(39)44)40(52)35-14-18-45-42(47-35)46-34-13-12-30(25-36(34)55-2)51-21-15-29(16-22-51)50-19-4-3-5-20-50/h6-14,17-18,23-26,29H,3-5,15-16,19-22H2,1-2H3,(H,49,53)(H,45,46,47). The first-order chi connectivity index (χ1) is 26.9. The quantitative estimate of drug-likeness (QED) is 0.144. The van der Waals surface area contributed by atoms with Gasteiger partial charge >= 0.3 is 0 Å². The van der Waals surface area contributed by atoms with Crippen LogP contribution in [0.5, 0.6) is 11.5 Å². The van der Waals surface area contributed by atoms with Gasteiger partial charge in [0.2, 0.25) is 5.95 Å². The van der Waals surface area contributed by atoms with Crippen molar-refractivity contribution in [3.05, 3.63) is 108 Å². The van der Waals surface area contributed by atoms with Crippen LogP contribution >= 0.6 is 0 Å². The number of nitrogens with one attached hydrogen (secondary N) is 2. The van der Waals surface area contributed by atoms with E-state index in [9.17, 15) is 13.6 Å². The van der Waals surface area contributed by atoms with Gasteiger partial charge in [0.1, 0.15) is 34.5 Å². The molecular weight excluding hydrogens is 703 g/mol. The molecule has 0 spiro atoms. The molecule has 11 nitrogen and oxygen atoms in total. The van der Waals surface area contributed by atoms with Crippen molar-refractivity contribution >= 4 is 34.6 Å². The number of ether oxygens (including phenoxy) is 2. The van der Waals surface area contributed by atoms with E-state index in [4.69, 9.17) is 19.4 Å². The van der Waals surface area contributed by atoms with Gasteiger partial charge in [-0.15, -0.1) is 0 Å². The molecule has 2 fully saturated rings.